The summed E-state index contributed by atoms with van der Waals surface area (Å²) in [4.78, 5) is 11.4. The van der Waals surface area contributed by atoms with Gasteiger partial charge in [-0.3, -0.25) is 10.1 Å². The van der Waals surface area contributed by atoms with E-state index < -0.39 is 11.5 Å². The minimum atomic E-state index is -0.869. The average Bonchev–Trinajstić information content (AvgIpc) is 2.29. The molecule has 3 atom stereocenters. The van der Waals surface area contributed by atoms with Crippen LogP contribution in [0.1, 0.15) is 46.0 Å². The second-order valence-corrected chi connectivity index (χ2v) is 5.39. The topological polar surface area (TPSA) is 58.6 Å². The molecule has 4 heteroatoms. The molecule has 1 aliphatic rings. The van der Waals surface area contributed by atoms with Crippen molar-refractivity contribution < 1.29 is 14.6 Å². The number of rotatable bonds is 6. The van der Waals surface area contributed by atoms with E-state index in [4.69, 9.17) is 4.74 Å². The van der Waals surface area contributed by atoms with Gasteiger partial charge in [-0.25, -0.2) is 0 Å². The summed E-state index contributed by atoms with van der Waals surface area (Å²) in [5.41, 5.74) is -0.869. The van der Waals surface area contributed by atoms with Gasteiger partial charge in [0, 0.05) is 19.8 Å². The fourth-order valence-corrected chi connectivity index (χ4v) is 2.49. The molecular weight excluding hydrogens is 218 g/mol. The first kappa shape index (κ1) is 14.5. The Bertz CT molecular complexity index is 257. The van der Waals surface area contributed by atoms with Gasteiger partial charge in [0.25, 0.3) is 0 Å². The number of hydrogen-bond donors (Lipinski definition) is 2. The van der Waals surface area contributed by atoms with Crippen LogP contribution >= 0.6 is 0 Å². The average molecular weight is 243 g/mol. The first-order valence-electron chi connectivity index (χ1n) is 6.49. The summed E-state index contributed by atoms with van der Waals surface area (Å²) in [6, 6.07) is 0.321. The Labute approximate surface area is 104 Å². The third kappa shape index (κ3) is 3.96. The third-order valence-corrected chi connectivity index (χ3v) is 3.89. The highest BCUT2D eigenvalue weighted by Crippen LogP contribution is 2.26. The molecule has 0 aromatic carbocycles. The zero-order valence-corrected chi connectivity index (χ0v) is 11.2. The molecule has 0 saturated heterocycles. The summed E-state index contributed by atoms with van der Waals surface area (Å²) in [7, 11) is 1.60. The summed E-state index contributed by atoms with van der Waals surface area (Å²) in [6.45, 7) is 4.43. The van der Waals surface area contributed by atoms with Crippen molar-refractivity contribution in [1.29, 1.82) is 0 Å². The number of carboxylic acid groups (broad SMARTS) is 1. The normalized spacial score (nSPS) is 28.6. The highest BCUT2D eigenvalue weighted by molar-refractivity contribution is 5.78. The molecule has 3 unspecified atom stereocenters. The van der Waals surface area contributed by atoms with Crippen molar-refractivity contribution in [2.45, 2.75) is 57.5 Å². The van der Waals surface area contributed by atoms with E-state index in [0.29, 0.717) is 25.0 Å². The summed E-state index contributed by atoms with van der Waals surface area (Å²) in [5.74, 6) is -0.225. The monoisotopic (exact) mass is 243 g/mol. The van der Waals surface area contributed by atoms with E-state index >= 15 is 0 Å². The molecule has 0 aromatic rings. The number of carbonyl (C=O) groups is 1. The maximum atomic E-state index is 11.4. The molecule has 0 heterocycles. The van der Waals surface area contributed by atoms with Gasteiger partial charge in [0.05, 0.1) is 0 Å². The lowest BCUT2D eigenvalue weighted by Gasteiger charge is -2.37. The molecule has 1 fully saturated rings. The van der Waals surface area contributed by atoms with Crippen molar-refractivity contribution >= 4 is 5.97 Å². The number of nitrogens with one attached hydrogen (secondary N) is 1. The quantitative estimate of drug-likeness (QED) is 0.749. The molecule has 17 heavy (non-hydrogen) atoms. The van der Waals surface area contributed by atoms with Crippen molar-refractivity contribution in [2.24, 2.45) is 5.92 Å². The number of carboxylic acids is 1. The highest BCUT2D eigenvalue weighted by atomic mass is 16.5. The van der Waals surface area contributed by atoms with Gasteiger partial charge in [-0.1, -0.05) is 19.8 Å². The van der Waals surface area contributed by atoms with Crippen molar-refractivity contribution in [3.05, 3.63) is 0 Å². The summed E-state index contributed by atoms with van der Waals surface area (Å²) in [6.07, 6.45) is 5.24. The van der Waals surface area contributed by atoms with Crippen LogP contribution in [0.3, 0.4) is 0 Å². The van der Waals surface area contributed by atoms with Gasteiger partial charge in [0.2, 0.25) is 0 Å². The molecule has 4 nitrogen and oxygen atoms in total. The van der Waals surface area contributed by atoms with Crippen molar-refractivity contribution in [2.75, 3.05) is 13.7 Å². The van der Waals surface area contributed by atoms with Crippen molar-refractivity contribution in [3.63, 3.8) is 0 Å². The first-order chi connectivity index (χ1) is 7.99. The summed E-state index contributed by atoms with van der Waals surface area (Å²) in [5, 5.41) is 12.7. The van der Waals surface area contributed by atoms with Crippen LogP contribution in [0.15, 0.2) is 0 Å². The van der Waals surface area contributed by atoms with Crippen LogP contribution < -0.4 is 5.32 Å². The maximum Gasteiger partial charge on any atom is 0.323 e. The van der Waals surface area contributed by atoms with Crippen LogP contribution in [-0.2, 0) is 9.53 Å². The molecule has 0 aromatic heterocycles. The fraction of sp³-hybridized carbons (Fsp3) is 0.923. The SMILES string of the molecule is COCCC(C)(NC1CCCCC1C)C(=O)O. The zero-order chi connectivity index (χ0) is 12.9. The Kier molecular flexibility index (Phi) is 5.40. The van der Waals surface area contributed by atoms with Gasteiger partial charge in [0.1, 0.15) is 5.54 Å². The molecule has 0 aliphatic heterocycles. The fourth-order valence-electron chi connectivity index (χ4n) is 2.49. The zero-order valence-electron chi connectivity index (χ0n) is 11.2. The minimum absolute atomic E-state index is 0.321. The lowest BCUT2D eigenvalue weighted by Crippen LogP contribution is -2.56. The van der Waals surface area contributed by atoms with Gasteiger partial charge in [-0.15, -0.1) is 0 Å². The molecule has 100 valence electrons. The Morgan fingerprint density at radius 1 is 1.47 bits per heavy atom. The first-order valence-corrected chi connectivity index (χ1v) is 6.49. The van der Waals surface area contributed by atoms with Crippen LogP contribution in [0.4, 0.5) is 0 Å². The smallest absolute Gasteiger partial charge is 0.323 e. The lowest BCUT2D eigenvalue weighted by molar-refractivity contribution is -0.145. The van der Waals surface area contributed by atoms with Crippen LogP contribution in [0.2, 0.25) is 0 Å². The van der Waals surface area contributed by atoms with Gasteiger partial charge >= 0.3 is 5.97 Å². The summed E-state index contributed by atoms with van der Waals surface area (Å²) < 4.78 is 5.00. The van der Waals surface area contributed by atoms with E-state index in [1.807, 2.05) is 0 Å². The lowest BCUT2D eigenvalue weighted by atomic mass is 9.83. The van der Waals surface area contributed by atoms with Gasteiger partial charge in [-0.2, -0.15) is 0 Å². The molecule has 1 rings (SSSR count). The predicted octanol–water partition coefficient (Wildman–Crippen LogP) is 2.03. The molecule has 0 spiro atoms. The van der Waals surface area contributed by atoms with Crippen LogP contribution in [0.5, 0.6) is 0 Å². The minimum Gasteiger partial charge on any atom is -0.480 e. The molecular formula is C13H25NO3. The Balaban J connectivity index is 2.61. The Morgan fingerprint density at radius 3 is 2.65 bits per heavy atom. The van der Waals surface area contributed by atoms with Crippen LogP contribution in [0, 0.1) is 5.92 Å². The Morgan fingerprint density at radius 2 is 2.12 bits per heavy atom. The molecule has 1 aliphatic carbocycles. The molecule has 0 amide bonds. The number of hydrogen-bond acceptors (Lipinski definition) is 3. The largest absolute Gasteiger partial charge is 0.480 e. The second-order valence-electron chi connectivity index (χ2n) is 5.39. The third-order valence-electron chi connectivity index (χ3n) is 3.89. The second kappa shape index (κ2) is 6.36. The number of aliphatic carboxylic acids is 1. The summed E-state index contributed by atoms with van der Waals surface area (Å²) >= 11 is 0. The molecule has 2 N–H and O–H groups in total. The molecule has 0 bridgehead atoms. The predicted molar refractivity (Wildman–Crippen MR) is 67.1 cm³/mol. The molecule has 0 radical (unpaired) electrons. The standard InChI is InChI=1S/C13H25NO3/c1-10-6-4-5-7-11(10)14-13(2,12(15)16)8-9-17-3/h10-11,14H,4-9H2,1-3H3,(H,15,16). The highest BCUT2D eigenvalue weighted by Gasteiger charge is 2.36. The van der Waals surface area contributed by atoms with E-state index in [2.05, 4.69) is 12.2 Å². The van der Waals surface area contributed by atoms with Gasteiger partial charge in [0.15, 0.2) is 0 Å². The number of ether oxygens (including phenoxy) is 1. The maximum absolute atomic E-state index is 11.4. The van der Waals surface area contributed by atoms with Crippen molar-refractivity contribution in [1.82, 2.24) is 5.32 Å². The van der Waals surface area contributed by atoms with Crippen LogP contribution in [-0.4, -0.2) is 36.4 Å². The van der Waals surface area contributed by atoms with Gasteiger partial charge in [-0.05, 0) is 32.1 Å². The van der Waals surface area contributed by atoms with E-state index in [1.54, 1.807) is 14.0 Å². The van der Waals surface area contributed by atoms with E-state index in [-0.39, 0.29) is 0 Å². The Hall–Kier alpha value is -0.610. The van der Waals surface area contributed by atoms with Crippen LogP contribution in [0.25, 0.3) is 0 Å². The van der Waals surface area contributed by atoms with E-state index in [0.717, 1.165) is 6.42 Å². The van der Waals surface area contributed by atoms with Gasteiger partial charge < -0.3 is 9.84 Å². The molecule has 1 saturated carbocycles. The van der Waals surface area contributed by atoms with E-state index in [9.17, 15) is 9.90 Å². The number of methoxy groups -OCH3 is 1. The van der Waals surface area contributed by atoms with Crippen molar-refractivity contribution in [3.8, 4) is 0 Å². The van der Waals surface area contributed by atoms with E-state index in [1.165, 1.54) is 19.3 Å².